The first-order valence-corrected chi connectivity index (χ1v) is 10.7. The number of nitrogens with zero attached hydrogens (tertiary/aromatic N) is 1. The van der Waals surface area contributed by atoms with Gasteiger partial charge in [-0.3, -0.25) is 4.90 Å². The van der Waals surface area contributed by atoms with Gasteiger partial charge < -0.3 is 0 Å². The highest BCUT2D eigenvalue weighted by atomic mass is 32.2. The van der Waals surface area contributed by atoms with Crippen LogP contribution in [0, 0.1) is 0 Å². The zero-order chi connectivity index (χ0) is 20.3. The zero-order valence-electron chi connectivity index (χ0n) is 15.9. The maximum absolute atomic E-state index is 13.3. The SMILES string of the molecule is FC(F)(F)c1ccccc1-c1ccc(CN2CCSC(c3ccccc3)C2)cc1. The molecule has 0 spiro atoms. The number of benzene rings is 3. The fourth-order valence-electron chi connectivity index (χ4n) is 3.75. The molecule has 5 heteroatoms. The van der Waals surface area contributed by atoms with Crippen LogP contribution in [0.2, 0.25) is 0 Å². The lowest BCUT2D eigenvalue weighted by Crippen LogP contribution is -2.33. The van der Waals surface area contributed by atoms with Crippen LogP contribution >= 0.6 is 11.8 Å². The molecule has 0 saturated carbocycles. The van der Waals surface area contributed by atoms with Crippen LogP contribution in [0.3, 0.4) is 0 Å². The van der Waals surface area contributed by atoms with Crippen molar-refractivity contribution < 1.29 is 13.2 Å². The lowest BCUT2D eigenvalue weighted by Gasteiger charge is -2.32. The van der Waals surface area contributed by atoms with E-state index in [9.17, 15) is 13.2 Å². The van der Waals surface area contributed by atoms with Gasteiger partial charge in [0.25, 0.3) is 0 Å². The second kappa shape index (κ2) is 8.64. The highest BCUT2D eigenvalue weighted by molar-refractivity contribution is 7.99. The highest BCUT2D eigenvalue weighted by Gasteiger charge is 2.33. The summed E-state index contributed by atoms with van der Waals surface area (Å²) in [7, 11) is 0. The van der Waals surface area contributed by atoms with Crippen molar-refractivity contribution in [2.24, 2.45) is 0 Å². The third kappa shape index (κ3) is 4.85. The third-order valence-corrected chi connectivity index (χ3v) is 6.47. The Morgan fingerprint density at radius 1 is 0.862 bits per heavy atom. The van der Waals surface area contributed by atoms with Crippen LogP contribution < -0.4 is 0 Å². The van der Waals surface area contributed by atoms with Crippen LogP contribution in [-0.4, -0.2) is 23.7 Å². The minimum atomic E-state index is -4.35. The van der Waals surface area contributed by atoms with Crippen molar-refractivity contribution in [1.29, 1.82) is 0 Å². The van der Waals surface area contributed by atoms with E-state index in [4.69, 9.17) is 0 Å². The van der Waals surface area contributed by atoms with Crippen LogP contribution in [0.15, 0.2) is 78.9 Å². The van der Waals surface area contributed by atoms with Crippen molar-refractivity contribution in [3.8, 4) is 11.1 Å². The first-order valence-electron chi connectivity index (χ1n) is 9.65. The molecular weight excluding hydrogens is 391 g/mol. The molecule has 0 radical (unpaired) electrons. The van der Waals surface area contributed by atoms with E-state index in [2.05, 4.69) is 29.2 Å². The Kier molecular flexibility index (Phi) is 5.97. The van der Waals surface area contributed by atoms with E-state index in [0.29, 0.717) is 10.8 Å². The van der Waals surface area contributed by atoms with Gasteiger partial charge in [0.2, 0.25) is 0 Å². The van der Waals surface area contributed by atoms with Crippen LogP contribution in [0.4, 0.5) is 13.2 Å². The first kappa shape index (κ1) is 20.0. The van der Waals surface area contributed by atoms with Crippen molar-refractivity contribution in [2.75, 3.05) is 18.8 Å². The molecule has 1 atom stereocenters. The number of rotatable bonds is 4. The van der Waals surface area contributed by atoms with Crippen LogP contribution in [0.25, 0.3) is 11.1 Å². The van der Waals surface area contributed by atoms with Gasteiger partial charge in [-0.2, -0.15) is 24.9 Å². The fraction of sp³-hybridized carbons (Fsp3) is 0.250. The Balaban J connectivity index is 1.47. The lowest BCUT2D eigenvalue weighted by molar-refractivity contribution is -0.137. The zero-order valence-corrected chi connectivity index (χ0v) is 16.7. The van der Waals surface area contributed by atoms with E-state index in [-0.39, 0.29) is 5.56 Å². The average Bonchev–Trinajstić information content (AvgIpc) is 2.75. The summed E-state index contributed by atoms with van der Waals surface area (Å²) in [5.41, 5.74) is 2.70. The normalized spacial score (nSPS) is 18.0. The molecule has 1 fully saturated rings. The Hall–Kier alpha value is -2.24. The predicted octanol–water partition coefficient (Wildman–Crippen LogP) is 6.66. The molecule has 0 amide bonds. The van der Waals surface area contributed by atoms with Crippen molar-refractivity contribution in [1.82, 2.24) is 4.90 Å². The number of halogens is 3. The number of hydrogen-bond acceptors (Lipinski definition) is 2. The Morgan fingerprint density at radius 3 is 2.28 bits per heavy atom. The summed E-state index contributed by atoms with van der Waals surface area (Å²) >= 11 is 1.99. The minimum Gasteiger partial charge on any atom is -0.297 e. The van der Waals surface area contributed by atoms with E-state index in [1.54, 1.807) is 18.2 Å². The summed E-state index contributed by atoms with van der Waals surface area (Å²) in [6.45, 7) is 2.81. The van der Waals surface area contributed by atoms with E-state index in [1.165, 1.54) is 17.7 Å². The lowest BCUT2D eigenvalue weighted by atomic mass is 9.98. The molecule has 0 N–H and O–H groups in total. The van der Waals surface area contributed by atoms with E-state index >= 15 is 0 Å². The van der Waals surface area contributed by atoms with E-state index < -0.39 is 11.7 Å². The summed E-state index contributed by atoms with van der Waals surface area (Å²) in [5.74, 6) is 1.08. The molecule has 0 aliphatic carbocycles. The molecular formula is C24H22F3NS. The quantitative estimate of drug-likeness (QED) is 0.470. The number of alkyl halides is 3. The summed E-state index contributed by atoms with van der Waals surface area (Å²) in [6.07, 6.45) is -4.35. The molecule has 1 aliphatic rings. The van der Waals surface area contributed by atoms with Crippen molar-refractivity contribution in [3.05, 3.63) is 95.6 Å². The summed E-state index contributed by atoms with van der Waals surface area (Å²) in [4.78, 5) is 2.42. The minimum absolute atomic E-state index is 0.227. The molecule has 0 aromatic heterocycles. The average molecular weight is 414 g/mol. The summed E-state index contributed by atoms with van der Waals surface area (Å²) < 4.78 is 39.9. The molecule has 1 saturated heterocycles. The molecule has 3 aromatic carbocycles. The van der Waals surface area contributed by atoms with Crippen molar-refractivity contribution >= 4 is 11.8 Å². The maximum Gasteiger partial charge on any atom is 0.417 e. The first-order chi connectivity index (χ1) is 14.0. The summed E-state index contributed by atoms with van der Waals surface area (Å²) in [5, 5.41) is 0.461. The molecule has 1 nitrogen and oxygen atoms in total. The van der Waals surface area contributed by atoms with Gasteiger partial charge >= 0.3 is 6.18 Å². The van der Waals surface area contributed by atoms with E-state index in [0.717, 1.165) is 37.0 Å². The topological polar surface area (TPSA) is 3.24 Å². The van der Waals surface area contributed by atoms with Crippen LogP contribution in [-0.2, 0) is 12.7 Å². The van der Waals surface area contributed by atoms with Crippen LogP contribution in [0.1, 0.15) is 21.9 Å². The fourth-order valence-corrected chi connectivity index (χ4v) is 5.06. The standard InChI is InChI=1S/C24H22F3NS/c25-24(26,27)22-9-5-4-8-21(22)19-12-10-18(11-13-19)16-28-14-15-29-23(17-28)20-6-2-1-3-7-20/h1-13,23H,14-17H2. The largest absolute Gasteiger partial charge is 0.417 e. The molecule has 0 bridgehead atoms. The van der Waals surface area contributed by atoms with Gasteiger partial charge in [0.1, 0.15) is 0 Å². The van der Waals surface area contributed by atoms with Gasteiger partial charge in [0, 0.05) is 30.6 Å². The second-order valence-electron chi connectivity index (χ2n) is 7.25. The van der Waals surface area contributed by atoms with Gasteiger partial charge in [0.05, 0.1) is 5.56 Å². The molecule has 29 heavy (non-hydrogen) atoms. The van der Waals surface area contributed by atoms with Gasteiger partial charge in [-0.1, -0.05) is 72.8 Å². The maximum atomic E-state index is 13.3. The molecule has 1 aliphatic heterocycles. The Labute approximate surface area is 173 Å². The van der Waals surface area contributed by atoms with Crippen molar-refractivity contribution in [3.63, 3.8) is 0 Å². The second-order valence-corrected chi connectivity index (χ2v) is 8.56. The molecule has 150 valence electrons. The number of hydrogen-bond donors (Lipinski definition) is 0. The molecule has 1 unspecified atom stereocenters. The van der Waals surface area contributed by atoms with Gasteiger partial charge in [-0.05, 0) is 28.3 Å². The Bertz CT molecular complexity index is 938. The van der Waals surface area contributed by atoms with Crippen molar-refractivity contribution in [2.45, 2.75) is 18.0 Å². The predicted molar refractivity (Wildman–Crippen MR) is 114 cm³/mol. The van der Waals surface area contributed by atoms with Gasteiger partial charge in [-0.15, -0.1) is 0 Å². The highest BCUT2D eigenvalue weighted by Crippen LogP contribution is 2.37. The third-order valence-electron chi connectivity index (χ3n) is 5.23. The monoisotopic (exact) mass is 413 g/mol. The van der Waals surface area contributed by atoms with Crippen LogP contribution in [0.5, 0.6) is 0 Å². The molecule has 4 rings (SSSR count). The smallest absolute Gasteiger partial charge is 0.297 e. The van der Waals surface area contributed by atoms with E-state index in [1.807, 2.05) is 30.0 Å². The molecule has 1 heterocycles. The summed E-state index contributed by atoms with van der Waals surface area (Å²) in [6, 6.07) is 23.8. The van der Waals surface area contributed by atoms with Gasteiger partial charge in [0.15, 0.2) is 0 Å². The van der Waals surface area contributed by atoms with Gasteiger partial charge in [-0.25, -0.2) is 0 Å². The number of thioether (sulfide) groups is 1. The molecule has 3 aromatic rings. The Morgan fingerprint density at radius 2 is 1.55 bits per heavy atom.